The Morgan fingerprint density at radius 2 is 2.27 bits per heavy atom. The summed E-state index contributed by atoms with van der Waals surface area (Å²) in [5.41, 5.74) is 0. The van der Waals surface area contributed by atoms with E-state index in [1.165, 1.54) is 21.3 Å². The van der Waals surface area contributed by atoms with Crippen molar-refractivity contribution in [2.75, 3.05) is 18.9 Å². The van der Waals surface area contributed by atoms with Crippen molar-refractivity contribution in [1.29, 1.82) is 0 Å². The normalized spacial score (nSPS) is 12.3. The van der Waals surface area contributed by atoms with Gasteiger partial charge in [-0.2, -0.15) is 9.40 Å². The summed E-state index contributed by atoms with van der Waals surface area (Å²) in [6.45, 7) is 0.499. The van der Waals surface area contributed by atoms with Gasteiger partial charge in [0.25, 0.3) is 10.0 Å². The molecule has 1 rings (SSSR count). The molecule has 1 aromatic rings. The maximum Gasteiger partial charge on any atom is 0.259 e. The summed E-state index contributed by atoms with van der Waals surface area (Å²) < 4.78 is 26.6. The second-order valence-electron chi connectivity index (χ2n) is 3.16. The number of sulfonamides is 1. The quantitative estimate of drug-likeness (QED) is 0.756. The molecule has 0 aliphatic carbocycles. The van der Waals surface area contributed by atoms with Crippen LogP contribution in [0.3, 0.4) is 0 Å². The zero-order chi connectivity index (χ0) is 11.5. The van der Waals surface area contributed by atoms with Crippen LogP contribution >= 0.6 is 15.9 Å². The average molecular weight is 296 g/mol. The lowest BCUT2D eigenvalue weighted by Crippen LogP contribution is -2.29. The Balaban J connectivity index is 2.88. The fourth-order valence-electron chi connectivity index (χ4n) is 1.18. The molecule has 5 nitrogen and oxygen atoms in total. The molecule has 0 amide bonds. The van der Waals surface area contributed by atoms with Gasteiger partial charge in [-0.1, -0.05) is 15.9 Å². The fourth-order valence-corrected chi connectivity index (χ4v) is 2.73. The third-order valence-electron chi connectivity index (χ3n) is 2.06. The van der Waals surface area contributed by atoms with Gasteiger partial charge in [-0.25, -0.2) is 8.42 Å². The first kappa shape index (κ1) is 12.7. The molecule has 0 fully saturated rings. The van der Waals surface area contributed by atoms with Gasteiger partial charge in [-0.15, -0.1) is 0 Å². The number of hydrogen-bond acceptors (Lipinski definition) is 3. The van der Waals surface area contributed by atoms with Gasteiger partial charge in [0.15, 0.2) is 5.03 Å². The number of aromatic nitrogens is 2. The maximum atomic E-state index is 12.0. The second kappa shape index (κ2) is 5.09. The standard InChI is InChI=1S/C8H14BrN3O2S/c1-11(7-3-5-9)15(13,14)8-4-6-10-12(8)2/h4,6H,3,5,7H2,1-2H3. The van der Waals surface area contributed by atoms with Crippen molar-refractivity contribution in [3.8, 4) is 0 Å². The predicted octanol–water partition coefficient (Wildman–Crippen LogP) is 0.826. The van der Waals surface area contributed by atoms with Crippen molar-refractivity contribution in [2.24, 2.45) is 7.05 Å². The van der Waals surface area contributed by atoms with Gasteiger partial charge in [-0.3, -0.25) is 4.68 Å². The van der Waals surface area contributed by atoms with E-state index in [0.717, 1.165) is 11.8 Å². The van der Waals surface area contributed by atoms with Crippen LogP contribution in [0.4, 0.5) is 0 Å². The lowest BCUT2D eigenvalue weighted by atomic mass is 10.5. The third-order valence-corrected chi connectivity index (χ3v) is 4.55. The van der Waals surface area contributed by atoms with Crippen molar-refractivity contribution < 1.29 is 8.42 Å². The van der Waals surface area contributed by atoms with E-state index in [-0.39, 0.29) is 5.03 Å². The Hall–Kier alpha value is -0.400. The minimum absolute atomic E-state index is 0.222. The lowest BCUT2D eigenvalue weighted by molar-refractivity contribution is 0.461. The van der Waals surface area contributed by atoms with Crippen LogP contribution in [0.25, 0.3) is 0 Å². The molecular weight excluding hydrogens is 282 g/mol. The molecule has 0 aromatic carbocycles. The summed E-state index contributed by atoms with van der Waals surface area (Å²) >= 11 is 3.27. The summed E-state index contributed by atoms with van der Waals surface area (Å²) in [6, 6.07) is 1.50. The molecule has 7 heteroatoms. The zero-order valence-corrected chi connectivity index (χ0v) is 11.1. The van der Waals surface area contributed by atoms with Crippen LogP contribution in [-0.2, 0) is 17.1 Å². The third kappa shape index (κ3) is 2.79. The van der Waals surface area contributed by atoms with Crippen molar-refractivity contribution in [2.45, 2.75) is 11.4 Å². The Labute approximate surface area is 98.3 Å². The summed E-state index contributed by atoms with van der Waals surface area (Å²) in [5.74, 6) is 0. The van der Waals surface area contributed by atoms with Gasteiger partial charge in [0.2, 0.25) is 0 Å². The van der Waals surface area contributed by atoms with Crippen LogP contribution in [0, 0.1) is 0 Å². The van der Waals surface area contributed by atoms with Crippen LogP contribution in [0.1, 0.15) is 6.42 Å². The Morgan fingerprint density at radius 3 is 2.73 bits per heavy atom. The number of rotatable bonds is 5. The molecule has 15 heavy (non-hydrogen) atoms. The molecule has 1 aromatic heterocycles. The topological polar surface area (TPSA) is 55.2 Å². The van der Waals surface area contributed by atoms with Crippen molar-refractivity contribution >= 4 is 26.0 Å². The van der Waals surface area contributed by atoms with Crippen molar-refractivity contribution in [3.05, 3.63) is 12.3 Å². The zero-order valence-electron chi connectivity index (χ0n) is 8.72. The summed E-state index contributed by atoms with van der Waals surface area (Å²) in [6.07, 6.45) is 2.26. The molecule has 0 unspecified atom stereocenters. The first-order valence-electron chi connectivity index (χ1n) is 4.50. The highest BCUT2D eigenvalue weighted by Crippen LogP contribution is 2.12. The second-order valence-corrected chi connectivity index (χ2v) is 5.95. The molecule has 0 N–H and O–H groups in total. The van der Waals surface area contributed by atoms with E-state index >= 15 is 0 Å². The van der Waals surface area contributed by atoms with Crippen LogP contribution in [0.2, 0.25) is 0 Å². The average Bonchev–Trinajstić information content (AvgIpc) is 2.61. The van der Waals surface area contributed by atoms with Gasteiger partial charge < -0.3 is 0 Å². The van der Waals surface area contributed by atoms with Gasteiger partial charge in [0.05, 0.1) is 6.20 Å². The van der Waals surface area contributed by atoms with Crippen LogP contribution in [-0.4, -0.2) is 41.4 Å². The van der Waals surface area contributed by atoms with E-state index in [0.29, 0.717) is 6.54 Å². The monoisotopic (exact) mass is 295 g/mol. The number of nitrogens with zero attached hydrogens (tertiary/aromatic N) is 3. The van der Waals surface area contributed by atoms with E-state index < -0.39 is 10.0 Å². The molecule has 0 radical (unpaired) electrons. The number of alkyl halides is 1. The summed E-state index contributed by atoms with van der Waals surface area (Å²) in [4.78, 5) is 0. The molecular formula is C8H14BrN3O2S. The molecule has 0 atom stereocenters. The molecule has 0 saturated heterocycles. The van der Waals surface area contributed by atoms with E-state index in [9.17, 15) is 8.42 Å². The molecule has 0 spiro atoms. The highest BCUT2D eigenvalue weighted by Gasteiger charge is 2.23. The summed E-state index contributed by atoms with van der Waals surface area (Å²) in [5, 5.41) is 4.86. The molecule has 0 aliphatic heterocycles. The largest absolute Gasteiger partial charge is 0.259 e. The first-order chi connectivity index (χ1) is 7.00. The maximum absolute atomic E-state index is 12.0. The minimum Gasteiger partial charge on any atom is -0.256 e. The molecule has 0 bridgehead atoms. The van der Waals surface area contributed by atoms with Crippen molar-refractivity contribution in [3.63, 3.8) is 0 Å². The van der Waals surface area contributed by atoms with E-state index in [4.69, 9.17) is 0 Å². The number of halogens is 1. The minimum atomic E-state index is -3.39. The van der Waals surface area contributed by atoms with E-state index in [1.54, 1.807) is 14.1 Å². The van der Waals surface area contributed by atoms with Gasteiger partial charge in [-0.05, 0) is 12.5 Å². The molecule has 86 valence electrons. The van der Waals surface area contributed by atoms with Crippen molar-refractivity contribution in [1.82, 2.24) is 14.1 Å². The van der Waals surface area contributed by atoms with Crippen LogP contribution in [0.5, 0.6) is 0 Å². The highest BCUT2D eigenvalue weighted by molar-refractivity contribution is 9.09. The van der Waals surface area contributed by atoms with E-state index in [1.807, 2.05) is 0 Å². The Morgan fingerprint density at radius 1 is 1.60 bits per heavy atom. The number of aryl methyl sites for hydroxylation is 1. The fraction of sp³-hybridized carbons (Fsp3) is 0.625. The predicted molar refractivity (Wildman–Crippen MR) is 61.4 cm³/mol. The first-order valence-corrected chi connectivity index (χ1v) is 7.06. The lowest BCUT2D eigenvalue weighted by Gasteiger charge is -2.16. The number of hydrogen-bond donors (Lipinski definition) is 0. The van der Waals surface area contributed by atoms with Crippen LogP contribution < -0.4 is 0 Å². The smallest absolute Gasteiger partial charge is 0.256 e. The van der Waals surface area contributed by atoms with Crippen LogP contribution in [0.15, 0.2) is 17.3 Å². The van der Waals surface area contributed by atoms with Gasteiger partial charge in [0.1, 0.15) is 0 Å². The Kier molecular flexibility index (Phi) is 4.30. The molecule has 0 aliphatic rings. The van der Waals surface area contributed by atoms with E-state index in [2.05, 4.69) is 21.0 Å². The SMILES string of the molecule is CN(CCCBr)S(=O)(=O)c1ccnn1C. The highest BCUT2D eigenvalue weighted by atomic mass is 79.9. The molecule has 0 saturated carbocycles. The Bertz CT molecular complexity index is 415. The summed E-state index contributed by atoms with van der Waals surface area (Å²) in [7, 11) is -0.195. The molecule has 1 heterocycles. The van der Waals surface area contributed by atoms with Gasteiger partial charge in [0, 0.05) is 26.0 Å². The van der Waals surface area contributed by atoms with Gasteiger partial charge >= 0.3 is 0 Å².